The standard InChI is InChI=1S/C14H27NOS/c1-12(2)17-14(8-7-13(3)16)11-15-9-5-4-6-10-15/h12,14H,4-11H2,1-3H3. The molecule has 0 amide bonds. The number of Topliss-reactive ketones (excluding diaryl/α,β-unsaturated/α-hetero) is 1. The van der Waals surface area contributed by atoms with Crippen molar-refractivity contribution in [2.45, 2.75) is 63.4 Å². The van der Waals surface area contributed by atoms with E-state index in [9.17, 15) is 4.79 Å². The van der Waals surface area contributed by atoms with Crippen LogP contribution in [-0.4, -0.2) is 40.8 Å². The second kappa shape index (κ2) is 8.15. The number of thioether (sulfide) groups is 1. The molecule has 0 saturated carbocycles. The van der Waals surface area contributed by atoms with Gasteiger partial charge in [0.25, 0.3) is 0 Å². The summed E-state index contributed by atoms with van der Waals surface area (Å²) < 4.78 is 0. The van der Waals surface area contributed by atoms with E-state index >= 15 is 0 Å². The predicted molar refractivity (Wildman–Crippen MR) is 76.7 cm³/mol. The van der Waals surface area contributed by atoms with E-state index in [0.29, 0.717) is 16.3 Å². The first-order chi connectivity index (χ1) is 8.08. The zero-order valence-corrected chi connectivity index (χ0v) is 12.4. The Hall–Kier alpha value is -0.0200. The summed E-state index contributed by atoms with van der Waals surface area (Å²) in [7, 11) is 0. The van der Waals surface area contributed by atoms with Gasteiger partial charge in [-0.25, -0.2) is 0 Å². The van der Waals surface area contributed by atoms with E-state index in [4.69, 9.17) is 0 Å². The number of piperidine rings is 1. The smallest absolute Gasteiger partial charge is 0.129 e. The van der Waals surface area contributed by atoms with E-state index in [0.717, 1.165) is 12.8 Å². The SMILES string of the molecule is CC(=O)CCC(CN1CCCCC1)SC(C)C. The summed E-state index contributed by atoms with van der Waals surface area (Å²) in [5.41, 5.74) is 0. The second-order valence-electron chi connectivity index (χ2n) is 5.41. The number of hydrogen-bond acceptors (Lipinski definition) is 3. The van der Waals surface area contributed by atoms with Gasteiger partial charge in [-0.1, -0.05) is 20.3 Å². The molecule has 0 aliphatic carbocycles. The van der Waals surface area contributed by atoms with Gasteiger partial charge in [-0.15, -0.1) is 0 Å². The van der Waals surface area contributed by atoms with Crippen LogP contribution in [0.4, 0.5) is 0 Å². The Bertz CT molecular complexity index is 224. The highest BCUT2D eigenvalue weighted by Gasteiger charge is 2.18. The maximum absolute atomic E-state index is 11.1. The van der Waals surface area contributed by atoms with Crippen LogP contribution in [0, 0.1) is 0 Å². The van der Waals surface area contributed by atoms with Gasteiger partial charge in [0, 0.05) is 18.2 Å². The molecule has 0 aromatic carbocycles. The highest BCUT2D eigenvalue weighted by atomic mass is 32.2. The average Bonchev–Trinajstić information content (AvgIpc) is 2.26. The van der Waals surface area contributed by atoms with Crippen LogP contribution < -0.4 is 0 Å². The number of carbonyl (C=O) groups is 1. The Morgan fingerprint density at radius 2 is 1.88 bits per heavy atom. The lowest BCUT2D eigenvalue weighted by Crippen LogP contribution is -2.36. The molecule has 0 N–H and O–H groups in total. The summed E-state index contributed by atoms with van der Waals surface area (Å²) >= 11 is 2.04. The van der Waals surface area contributed by atoms with Crippen LogP contribution in [0.2, 0.25) is 0 Å². The molecule has 2 nitrogen and oxygen atoms in total. The van der Waals surface area contributed by atoms with E-state index in [-0.39, 0.29) is 0 Å². The second-order valence-corrected chi connectivity index (χ2v) is 7.29. The number of carbonyl (C=O) groups excluding carboxylic acids is 1. The number of rotatable bonds is 7. The van der Waals surface area contributed by atoms with E-state index in [1.165, 1.54) is 38.9 Å². The van der Waals surface area contributed by atoms with Crippen molar-refractivity contribution >= 4 is 17.5 Å². The molecular weight excluding hydrogens is 230 g/mol. The van der Waals surface area contributed by atoms with Crippen molar-refractivity contribution in [1.29, 1.82) is 0 Å². The van der Waals surface area contributed by atoms with Gasteiger partial charge in [0.05, 0.1) is 0 Å². The van der Waals surface area contributed by atoms with Gasteiger partial charge in [0.15, 0.2) is 0 Å². The zero-order valence-electron chi connectivity index (χ0n) is 11.6. The van der Waals surface area contributed by atoms with E-state index in [1.807, 2.05) is 11.8 Å². The van der Waals surface area contributed by atoms with E-state index < -0.39 is 0 Å². The molecule has 1 unspecified atom stereocenters. The summed E-state index contributed by atoms with van der Waals surface area (Å²) in [5, 5.41) is 1.30. The Morgan fingerprint density at radius 3 is 2.41 bits per heavy atom. The van der Waals surface area contributed by atoms with Crippen molar-refractivity contribution in [2.75, 3.05) is 19.6 Å². The summed E-state index contributed by atoms with van der Waals surface area (Å²) in [6.07, 6.45) is 5.90. The molecule has 100 valence electrons. The molecule has 0 bridgehead atoms. The molecule has 1 aliphatic rings. The van der Waals surface area contributed by atoms with Gasteiger partial charge in [-0.2, -0.15) is 11.8 Å². The molecule has 0 radical (unpaired) electrons. The largest absolute Gasteiger partial charge is 0.302 e. The van der Waals surface area contributed by atoms with Crippen LogP contribution in [0.5, 0.6) is 0 Å². The van der Waals surface area contributed by atoms with Crippen LogP contribution in [0.1, 0.15) is 52.9 Å². The molecule has 17 heavy (non-hydrogen) atoms. The average molecular weight is 257 g/mol. The summed E-state index contributed by atoms with van der Waals surface area (Å²) in [6.45, 7) is 9.90. The third kappa shape index (κ3) is 7.10. The predicted octanol–water partition coefficient (Wildman–Crippen LogP) is 3.35. The van der Waals surface area contributed by atoms with Crippen LogP contribution in [0.15, 0.2) is 0 Å². The number of likely N-dealkylation sites (tertiary alicyclic amines) is 1. The Balaban J connectivity index is 2.35. The number of ketones is 1. The molecule has 3 heteroatoms. The van der Waals surface area contributed by atoms with Crippen LogP contribution in [-0.2, 0) is 4.79 Å². The Morgan fingerprint density at radius 1 is 1.24 bits per heavy atom. The van der Waals surface area contributed by atoms with Crippen molar-refractivity contribution in [1.82, 2.24) is 4.90 Å². The normalized spacial score (nSPS) is 19.5. The van der Waals surface area contributed by atoms with Crippen LogP contribution >= 0.6 is 11.8 Å². The third-order valence-electron chi connectivity index (χ3n) is 3.19. The summed E-state index contributed by atoms with van der Waals surface area (Å²) in [4.78, 5) is 13.7. The van der Waals surface area contributed by atoms with E-state index in [1.54, 1.807) is 6.92 Å². The fourth-order valence-corrected chi connectivity index (χ4v) is 3.70. The topological polar surface area (TPSA) is 20.3 Å². The minimum absolute atomic E-state index is 0.331. The molecular formula is C14H27NOS. The molecule has 1 saturated heterocycles. The van der Waals surface area contributed by atoms with Gasteiger partial charge in [0.2, 0.25) is 0 Å². The highest BCUT2D eigenvalue weighted by molar-refractivity contribution is 8.00. The first-order valence-electron chi connectivity index (χ1n) is 6.95. The van der Waals surface area contributed by atoms with Crippen LogP contribution in [0.25, 0.3) is 0 Å². The molecule has 1 aliphatic heterocycles. The van der Waals surface area contributed by atoms with Gasteiger partial charge in [-0.05, 0) is 44.5 Å². The third-order valence-corrected chi connectivity index (χ3v) is 4.51. The summed E-state index contributed by atoms with van der Waals surface area (Å²) in [6, 6.07) is 0. The molecule has 0 spiro atoms. The summed E-state index contributed by atoms with van der Waals surface area (Å²) in [5.74, 6) is 0.331. The minimum Gasteiger partial charge on any atom is -0.302 e. The van der Waals surface area contributed by atoms with Crippen molar-refractivity contribution in [2.24, 2.45) is 0 Å². The lowest BCUT2D eigenvalue weighted by Gasteiger charge is -2.30. The molecule has 0 aromatic rings. The minimum atomic E-state index is 0.331. The fraction of sp³-hybridized carbons (Fsp3) is 0.929. The van der Waals surface area contributed by atoms with Crippen molar-refractivity contribution < 1.29 is 4.79 Å². The van der Waals surface area contributed by atoms with Gasteiger partial charge < -0.3 is 9.69 Å². The number of hydrogen-bond donors (Lipinski definition) is 0. The zero-order chi connectivity index (χ0) is 12.7. The molecule has 1 rings (SSSR count). The van der Waals surface area contributed by atoms with Crippen molar-refractivity contribution in [3.05, 3.63) is 0 Å². The molecule has 0 aromatic heterocycles. The fourth-order valence-electron chi connectivity index (χ4n) is 2.38. The van der Waals surface area contributed by atoms with Crippen molar-refractivity contribution in [3.63, 3.8) is 0 Å². The highest BCUT2D eigenvalue weighted by Crippen LogP contribution is 2.23. The Labute approximate surface area is 111 Å². The Kier molecular flexibility index (Phi) is 7.21. The maximum Gasteiger partial charge on any atom is 0.129 e. The monoisotopic (exact) mass is 257 g/mol. The molecule has 1 fully saturated rings. The van der Waals surface area contributed by atoms with Gasteiger partial charge in [-0.3, -0.25) is 0 Å². The maximum atomic E-state index is 11.1. The lowest BCUT2D eigenvalue weighted by molar-refractivity contribution is -0.117. The molecule has 1 atom stereocenters. The van der Waals surface area contributed by atoms with Gasteiger partial charge >= 0.3 is 0 Å². The van der Waals surface area contributed by atoms with Crippen LogP contribution in [0.3, 0.4) is 0 Å². The number of nitrogens with zero attached hydrogens (tertiary/aromatic N) is 1. The van der Waals surface area contributed by atoms with Gasteiger partial charge in [0.1, 0.15) is 5.78 Å². The molecule has 1 heterocycles. The van der Waals surface area contributed by atoms with Crippen molar-refractivity contribution in [3.8, 4) is 0 Å². The quantitative estimate of drug-likeness (QED) is 0.697. The lowest BCUT2D eigenvalue weighted by atomic mass is 10.1. The first kappa shape index (κ1) is 15.0. The van der Waals surface area contributed by atoms with E-state index in [2.05, 4.69) is 18.7 Å². The first-order valence-corrected chi connectivity index (χ1v) is 7.89.